The number of hydrazine groups is 1. The number of nitrogens with one attached hydrogen (secondary N) is 2. The second-order valence-electron chi connectivity index (χ2n) is 6.23. The van der Waals surface area contributed by atoms with Crippen LogP contribution in [0.3, 0.4) is 0 Å². The zero-order valence-corrected chi connectivity index (χ0v) is 11.5. The third-order valence-corrected chi connectivity index (χ3v) is 5.08. The lowest BCUT2D eigenvalue weighted by atomic mass is 9.75. The Labute approximate surface area is 118 Å². The minimum absolute atomic E-state index is 0.390. The highest BCUT2D eigenvalue weighted by Crippen LogP contribution is 2.40. The van der Waals surface area contributed by atoms with Gasteiger partial charge in [0.1, 0.15) is 6.10 Å². The Hall–Kier alpha value is -1.01. The van der Waals surface area contributed by atoms with E-state index in [4.69, 9.17) is 4.74 Å². The molecule has 5 nitrogen and oxygen atoms in total. The van der Waals surface area contributed by atoms with E-state index in [0.717, 1.165) is 12.1 Å². The van der Waals surface area contributed by atoms with E-state index in [-0.39, 0.29) is 0 Å². The van der Waals surface area contributed by atoms with Crippen LogP contribution in [0.5, 0.6) is 0 Å². The van der Waals surface area contributed by atoms with Crippen LogP contribution < -0.4 is 10.9 Å². The number of aliphatic hydroxyl groups is 1. The fourth-order valence-corrected chi connectivity index (χ4v) is 3.97. The van der Waals surface area contributed by atoms with Gasteiger partial charge in [-0.15, -0.1) is 0 Å². The van der Waals surface area contributed by atoms with Crippen molar-refractivity contribution in [3.05, 3.63) is 29.1 Å². The number of aliphatic hydroxyl groups excluding tert-OH is 1. The molecule has 4 atom stereocenters. The van der Waals surface area contributed by atoms with Crippen LogP contribution in [0.15, 0.2) is 12.4 Å². The first-order chi connectivity index (χ1) is 9.83. The summed E-state index contributed by atoms with van der Waals surface area (Å²) in [7, 11) is 0. The SMILES string of the molecule is OC1COCc2c1cncc2C1CCC2NNCC2C1. The molecule has 3 heterocycles. The zero-order valence-electron chi connectivity index (χ0n) is 11.5. The number of rotatable bonds is 1. The number of pyridine rings is 1. The quantitative estimate of drug-likeness (QED) is 0.714. The monoisotopic (exact) mass is 275 g/mol. The van der Waals surface area contributed by atoms with Gasteiger partial charge in [-0.1, -0.05) is 0 Å². The highest BCUT2D eigenvalue weighted by Gasteiger charge is 2.36. The number of ether oxygens (including phenoxy) is 1. The van der Waals surface area contributed by atoms with Crippen LogP contribution in [0.25, 0.3) is 0 Å². The molecule has 20 heavy (non-hydrogen) atoms. The Morgan fingerprint density at radius 3 is 3.10 bits per heavy atom. The predicted molar refractivity (Wildman–Crippen MR) is 73.9 cm³/mol. The molecule has 2 fully saturated rings. The van der Waals surface area contributed by atoms with Gasteiger partial charge < -0.3 is 9.84 Å². The Morgan fingerprint density at radius 2 is 2.15 bits per heavy atom. The first-order valence-corrected chi connectivity index (χ1v) is 7.54. The second kappa shape index (κ2) is 5.07. The van der Waals surface area contributed by atoms with Crippen LogP contribution in [0.4, 0.5) is 0 Å². The van der Waals surface area contributed by atoms with Crippen molar-refractivity contribution in [1.29, 1.82) is 0 Å². The number of nitrogens with zero attached hydrogens (tertiary/aromatic N) is 1. The number of hydrogen-bond acceptors (Lipinski definition) is 5. The van der Waals surface area contributed by atoms with E-state index in [0.29, 0.717) is 31.1 Å². The van der Waals surface area contributed by atoms with Crippen molar-refractivity contribution < 1.29 is 9.84 Å². The van der Waals surface area contributed by atoms with Gasteiger partial charge in [-0.05, 0) is 42.2 Å². The van der Waals surface area contributed by atoms with Crippen LogP contribution >= 0.6 is 0 Å². The molecule has 0 aromatic carbocycles. The third-order valence-electron chi connectivity index (χ3n) is 5.08. The molecule has 1 aromatic rings. The minimum Gasteiger partial charge on any atom is -0.386 e. The smallest absolute Gasteiger partial charge is 0.104 e. The molecule has 3 N–H and O–H groups in total. The van der Waals surface area contributed by atoms with E-state index in [2.05, 4.69) is 15.8 Å². The summed E-state index contributed by atoms with van der Waals surface area (Å²) in [4.78, 5) is 4.36. The molecule has 108 valence electrons. The topological polar surface area (TPSA) is 66.4 Å². The van der Waals surface area contributed by atoms with Crippen LogP contribution in [-0.4, -0.2) is 29.3 Å². The molecule has 4 unspecified atom stereocenters. The van der Waals surface area contributed by atoms with Gasteiger partial charge in [-0.3, -0.25) is 15.8 Å². The maximum atomic E-state index is 10.0. The lowest BCUT2D eigenvalue weighted by Gasteiger charge is -2.33. The summed E-state index contributed by atoms with van der Waals surface area (Å²) in [6, 6.07) is 0.626. The van der Waals surface area contributed by atoms with Crippen molar-refractivity contribution in [3.63, 3.8) is 0 Å². The van der Waals surface area contributed by atoms with Crippen LogP contribution in [0, 0.1) is 5.92 Å². The molecule has 0 bridgehead atoms. The summed E-state index contributed by atoms with van der Waals surface area (Å²) >= 11 is 0. The standard InChI is InChI=1S/C15H21N3O2/c19-15-8-20-7-13-11(5-16-6-12(13)15)9-1-2-14-10(3-9)4-17-18-14/h5-6,9-10,14-15,17-19H,1-4,7-8H2. The van der Waals surface area contributed by atoms with Crippen molar-refractivity contribution in [2.45, 2.75) is 43.9 Å². The van der Waals surface area contributed by atoms with Crippen molar-refractivity contribution in [2.24, 2.45) is 5.92 Å². The molecule has 4 rings (SSSR count). The first kappa shape index (κ1) is 12.7. The molecule has 1 aliphatic carbocycles. The molecule has 1 saturated carbocycles. The molecule has 2 aliphatic heterocycles. The Kier molecular flexibility index (Phi) is 3.22. The normalized spacial score (nSPS) is 36.5. The molecule has 0 spiro atoms. The number of fused-ring (bicyclic) bond motifs is 2. The average molecular weight is 275 g/mol. The van der Waals surface area contributed by atoms with Crippen molar-refractivity contribution in [1.82, 2.24) is 15.8 Å². The van der Waals surface area contributed by atoms with Crippen LogP contribution in [0.2, 0.25) is 0 Å². The number of hydrogen-bond donors (Lipinski definition) is 3. The molecule has 1 saturated heterocycles. The minimum atomic E-state index is -0.516. The first-order valence-electron chi connectivity index (χ1n) is 7.54. The predicted octanol–water partition coefficient (Wildman–Crippen LogP) is 1.01. The van der Waals surface area contributed by atoms with Gasteiger partial charge in [-0.25, -0.2) is 0 Å². The molecule has 0 radical (unpaired) electrons. The largest absolute Gasteiger partial charge is 0.386 e. The van der Waals surface area contributed by atoms with Crippen LogP contribution in [-0.2, 0) is 11.3 Å². The maximum Gasteiger partial charge on any atom is 0.104 e. The Bertz CT molecular complexity index is 508. The van der Waals surface area contributed by atoms with Gasteiger partial charge in [0.05, 0.1) is 13.2 Å². The Morgan fingerprint density at radius 1 is 1.25 bits per heavy atom. The van der Waals surface area contributed by atoms with Crippen LogP contribution in [0.1, 0.15) is 48.0 Å². The molecule has 5 heteroatoms. The molecular formula is C15H21N3O2. The van der Waals surface area contributed by atoms with Gasteiger partial charge >= 0.3 is 0 Å². The lowest BCUT2D eigenvalue weighted by Crippen LogP contribution is -2.35. The van der Waals surface area contributed by atoms with Gasteiger partial charge in [-0.2, -0.15) is 0 Å². The highest BCUT2D eigenvalue weighted by atomic mass is 16.5. The van der Waals surface area contributed by atoms with Crippen molar-refractivity contribution in [3.8, 4) is 0 Å². The molecular weight excluding hydrogens is 254 g/mol. The number of aromatic nitrogens is 1. The summed E-state index contributed by atoms with van der Waals surface area (Å²) in [5.41, 5.74) is 10.1. The van der Waals surface area contributed by atoms with Crippen molar-refractivity contribution >= 4 is 0 Å². The van der Waals surface area contributed by atoms with E-state index in [1.807, 2.05) is 6.20 Å². The fraction of sp³-hybridized carbons (Fsp3) is 0.667. The van der Waals surface area contributed by atoms with E-state index in [1.165, 1.54) is 30.4 Å². The van der Waals surface area contributed by atoms with Gasteiger partial charge in [0.15, 0.2) is 0 Å². The lowest BCUT2D eigenvalue weighted by molar-refractivity contribution is 0.00875. The van der Waals surface area contributed by atoms with Gasteiger partial charge in [0, 0.05) is 30.5 Å². The highest BCUT2D eigenvalue weighted by molar-refractivity contribution is 5.37. The molecule has 0 amide bonds. The molecule has 3 aliphatic rings. The maximum absolute atomic E-state index is 10.0. The van der Waals surface area contributed by atoms with E-state index < -0.39 is 6.10 Å². The van der Waals surface area contributed by atoms with E-state index in [1.54, 1.807) is 6.20 Å². The summed E-state index contributed by atoms with van der Waals surface area (Å²) in [6.07, 6.45) is 6.85. The zero-order chi connectivity index (χ0) is 13.5. The summed E-state index contributed by atoms with van der Waals surface area (Å²) in [5.74, 6) is 1.26. The van der Waals surface area contributed by atoms with Crippen molar-refractivity contribution in [2.75, 3.05) is 13.2 Å². The fourth-order valence-electron chi connectivity index (χ4n) is 3.97. The summed E-state index contributed by atoms with van der Waals surface area (Å²) in [6.45, 7) is 2.06. The van der Waals surface area contributed by atoms with Gasteiger partial charge in [0.25, 0.3) is 0 Å². The third kappa shape index (κ3) is 2.05. The second-order valence-corrected chi connectivity index (χ2v) is 6.23. The Balaban J connectivity index is 1.64. The average Bonchev–Trinajstić information content (AvgIpc) is 2.94. The van der Waals surface area contributed by atoms with E-state index >= 15 is 0 Å². The summed E-state index contributed by atoms with van der Waals surface area (Å²) < 4.78 is 5.52. The molecule has 1 aromatic heterocycles. The van der Waals surface area contributed by atoms with Gasteiger partial charge in [0.2, 0.25) is 0 Å². The van der Waals surface area contributed by atoms with E-state index in [9.17, 15) is 5.11 Å². The summed E-state index contributed by atoms with van der Waals surface area (Å²) in [5, 5.41) is 10.0.